The minimum Gasteiger partial charge on any atom is -0.464 e. The Balaban J connectivity index is 1.30. The number of nitrogens with zero attached hydrogens (tertiary/aromatic N) is 2. The van der Waals surface area contributed by atoms with E-state index >= 15 is 0 Å². The van der Waals surface area contributed by atoms with Gasteiger partial charge in [-0.15, -0.1) is 0 Å². The van der Waals surface area contributed by atoms with Crippen LogP contribution in [0.1, 0.15) is 43.6 Å². The van der Waals surface area contributed by atoms with Gasteiger partial charge in [-0.25, -0.2) is 0 Å². The fourth-order valence-corrected chi connectivity index (χ4v) is 3.84. The number of likely N-dealkylation sites (N-methyl/N-ethyl adjacent to an activating group) is 1. The molecule has 1 aromatic heterocycles. The van der Waals surface area contributed by atoms with Gasteiger partial charge in [-0.2, -0.15) is 0 Å². The topological polar surface area (TPSA) is 65.8 Å². The minimum atomic E-state index is -0.0880. The molecule has 6 heteroatoms. The molecule has 2 aromatic rings. The highest BCUT2D eigenvalue weighted by Gasteiger charge is 2.36. The highest BCUT2D eigenvalue weighted by Crippen LogP contribution is 2.47. The molecule has 2 aliphatic rings. The Kier molecular flexibility index (Phi) is 5.22. The van der Waals surface area contributed by atoms with Gasteiger partial charge in [0, 0.05) is 30.3 Å². The number of furan rings is 1. The number of hydrogen-bond donors (Lipinski definition) is 1. The molecular weight excluding hydrogens is 354 g/mol. The summed E-state index contributed by atoms with van der Waals surface area (Å²) in [6.07, 6.45) is 2.68. The SMILES string of the molecule is C[C@@H]1C[C@H]1c1ccc(CN(C)CC(=O)Nc2cccc(N3CCCC3=O)c2)o1. The second kappa shape index (κ2) is 7.80. The first-order valence-electron chi connectivity index (χ1n) is 9.97. The zero-order valence-electron chi connectivity index (χ0n) is 16.5. The monoisotopic (exact) mass is 381 g/mol. The number of rotatable bonds is 7. The average molecular weight is 381 g/mol. The largest absolute Gasteiger partial charge is 0.464 e. The second-order valence-corrected chi connectivity index (χ2v) is 8.04. The van der Waals surface area contributed by atoms with E-state index in [1.54, 1.807) is 4.90 Å². The van der Waals surface area contributed by atoms with Gasteiger partial charge in [-0.1, -0.05) is 13.0 Å². The summed E-state index contributed by atoms with van der Waals surface area (Å²) in [5.74, 6) is 3.29. The van der Waals surface area contributed by atoms with Crippen LogP contribution in [0.2, 0.25) is 0 Å². The highest BCUT2D eigenvalue weighted by molar-refractivity contribution is 5.97. The summed E-state index contributed by atoms with van der Waals surface area (Å²) < 4.78 is 5.92. The van der Waals surface area contributed by atoms with E-state index in [0.29, 0.717) is 30.5 Å². The molecular formula is C22H27N3O3. The molecule has 2 atom stereocenters. The normalized spacial score (nSPS) is 21.4. The van der Waals surface area contributed by atoms with Crippen molar-refractivity contribution >= 4 is 23.2 Å². The van der Waals surface area contributed by atoms with E-state index in [0.717, 1.165) is 30.2 Å². The number of carbonyl (C=O) groups excluding carboxylic acids is 2. The van der Waals surface area contributed by atoms with Crippen LogP contribution in [0.3, 0.4) is 0 Å². The Labute approximate surface area is 165 Å². The number of hydrogen-bond acceptors (Lipinski definition) is 4. The van der Waals surface area contributed by atoms with Crippen molar-refractivity contribution in [3.63, 3.8) is 0 Å². The van der Waals surface area contributed by atoms with Gasteiger partial charge in [0.25, 0.3) is 0 Å². The highest BCUT2D eigenvalue weighted by atomic mass is 16.3. The van der Waals surface area contributed by atoms with Crippen molar-refractivity contribution in [2.45, 2.75) is 38.6 Å². The summed E-state index contributed by atoms with van der Waals surface area (Å²) in [7, 11) is 1.90. The van der Waals surface area contributed by atoms with Gasteiger partial charge in [0.05, 0.1) is 13.1 Å². The van der Waals surface area contributed by atoms with Crippen LogP contribution in [0, 0.1) is 5.92 Å². The molecule has 2 amide bonds. The first-order valence-corrected chi connectivity index (χ1v) is 9.97. The summed E-state index contributed by atoms with van der Waals surface area (Å²) in [5, 5.41) is 2.93. The molecule has 2 fully saturated rings. The van der Waals surface area contributed by atoms with E-state index in [2.05, 4.69) is 18.3 Å². The second-order valence-electron chi connectivity index (χ2n) is 8.04. The summed E-state index contributed by atoms with van der Waals surface area (Å²) in [5.41, 5.74) is 1.55. The van der Waals surface area contributed by atoms with Crippen molar-refractivity contribution in [1.82, 2.24) is 4.90 Å². The molecule has 0 unspecified atom stereocenters. The molecule has 0 bridgehead atoms. The number of carbonyl (C=O) groups is 2. The van der Waals surface area contributed by atoms with E-state index in [4.69, 9.17) is 4.42 Å². The van der Waals surface area contributed by atoms with E-state index in [1.807, 2.05) is 42.3 Å². The lowest BCUT2D eigenvalue weighted by Gasteiger charge is -2.18. The van der Waals surface area contributed by atoms with Crippen LogP contribution in [0.4, 0.5) is 11.4 Å². The molecule has 1 saturated carbocycles. The van der Waals surface area contributed by atoms with Crippen LogP contribution >= 0.6 is 0 Å². The maximum Gasteiger partial charge on any atom is 0.238 e. The van der Waals surface area contributed by atoms with Crippen molar-refractivity contribution in [3.8, 4) is 0 Å². The average Bonchev–Trinajstić information content (AvgIpc) is 3.03. The lowest BCUT2D eigenvalue weighted by atomic mass is 10.2. The first kappa shape index (κ1) is 18.7. The lowest BCUT2D eigenvalue weighted by Crippen LogP contribution is -2.30. The molecule has 1 aromatic carbocycles. The minimum absolute atomic E-state index is 0.0880. The van der Waals surface area contributed by atoms with Crippen LogP contribution in [0.5, 0.6) is 0 Å². The van der Waals surface area contributed by atoms with Gasteiger partial charge >= 0.3 is 0 Å². The summed E-state index contributed by atoms with van der Waals surface area (Å²) >= 11 is 0. The predicted molar refractivity (Wildman–Crippen MR) is 108 cm³/mol. The number of anilines is 2. The fourth-order valence-electron chi connectivity index (χ4n) is 3.84. The molecule has 1 aliphatic carbocycles. The molecule has 4 rings (SSSR count). The fraction of sp³-hybridized carbons (Fsp3) is 0.455. The molecule has 28 heavy (non-hydrogen) atoms. The third kappa shape index (κ3) is 4.28. The van der Waals surface area contributed by atoms with Gasteiger partial charge in [0.1, 0.15) is 11.5 Å². The first-order chi connectivity index (χ1) is 13.5. The molecule has 1 saturated heterocycles. The predicted octanol–water partition coefficient (Wildman–Crippen LogP) is 3.60. The zero-order valence-corrected chi connectivity index (χ0v) is 16.5. The molecule has 148 valence electrons. The maximum atomic E-state index is 12.4. The molecule has 1 aliphatic heterocycles. The zero-order chi connectivity index (χ0) is 19.7. The van der Waals surface area contributed by atoms with E-state index in [1.165, 1.54) is 6.42 Å². The lowest BCUT2D eigenvalue weighted by molar-refractivity contribution is -0.117. The number of amides is 2. The Bertz CT molecular complexity index is 875. The van der Waals surface area contributed by atoms with E-state index in [-0.39, 0.29) is 18.4 Å². The van der Waals surface area contributed by atoms with Crippen molar-refractivity contribution in [2.75, 3.05) is 30.4 Å². The number of nitrogens with one attached hydrogen (secondary N) is 1. The molecule has 1 N–H and O–H groups in total. The summed E-state index contributed by atoms with van der Waals surface area (Å²) in [6, 6.07) is 11.5. The summed E-state index contributed by atoms with van der Waals surface area (Å²) in [4.78, 5) is 28.0. The van der Waals surface area contributed by atoms with E-state index < -0.39 is 0 Å². The quantitative estimate of drug-likeness (QED) is 0.796. The molecule has 0 spiro atoms. The van der Waals surface area contributed by atoms with Crippen molar-refractivity contribution in [3.05, 3.63) is 47.9 Å². The Morgan fingerprint density at radius 3 is 2.86 bits per heavy atom. The Morgan fingerprint density at radius 1 is 1.32 bits per heavy atom. The van der Waals surface area contributed by atoms with Crippen LogP contribution in [0.15, 0.2) is 40.8 Å². The molecule has 0 radical (unpaired) electrons. The summed E-state index contributed by atoms with van der Waals surface area (Å²) in [6.45, 7) is 3.83. The van der Waals surface area contributed by atoms with E-state index in [9.17, 15) is 9.59 Å². The van der Waals surface area contributed by atoms with Gasteiger partial charge < -0.3 is 14.6 Å². The van der Waals surface area contributed by atoms with Crippen LogP contribution in [0.25, 0.3) is 0 Å². The smallest absolute Gasteiger partial charge is 0.238 e. The van der Waals surface area contributed by atoms with Crippen LogP contribution in [-0.4, -0.2) is 36.9 Å². The Hall–Kier alpha value is -2.60. The van der Waals surface area contributed by atoms with Crippen LogP contribution < -0.4 is 10.2 Å². The van der Waals surface area contributed by atoms with Crippen molar-refractivity contribution < 1.29 is 14.0 Å². The molecule has 2 heterocycles. The molecule has 6 nitrogen and oxygen atoms in total. The van der Waals surface area contributed by atoms with Gasteiger partial charge in [0.2, 0.25) is 11.8 Å². The third-order valence-electron chi connectivity index (χ3n) is 5.51. The van der Waals surface area contributed by atoms with Gasteiger partial charge in [0.15, 0.2) is 0 Å². The maximum absolute atomic E-state index is 12.4. The number of benzene rings is 1. The van der Waals surface area contributed by atoms with Crippen molar-refractivity contribution in [2.24, 2.45) is 5.92 Å². The standard InChI is InChI=1S/C22H27N3O3/c1-15-11-19(15)20-9-8-18(28-20)13-24(2)14-21(26)23-16-5-3-6-17(12-16)25-10-4-7-22(25)27/h3,5-6,8-9,12,15,19H,4,7,10-11,13-14H2,1-2H3,(H,23,26)/t15-,19-/m1/s1. The third-order valence-corrected chi connectivity index (χ3v) is 5.51. The van der Waals surface area contributed by atoms with Gasteiger partial charge in [-0.05, 0) is 56.1 Å². The van der Waals surface area contributed by atoms with Gasteiger partial charge in [-0.3, -0.25) is 14.5 Å². The Morgan fingerprint density at radius 2 is 2.14 bits per heavy atom. The van der Waals surface area contributed by atoms with Crippen molar-refractivity contribution in [1.29, 1.82) is 0 Å². The van der Waals surface area contributed by atoms with Crippen LogP contribution in [-0.2, 0) is 16.1 Å².